The van der Waals surface area contributed by atoms with Crippen molar-refractivity contribution >= 4 is 12.0 Å². The molecule has 0 fully saturated rings. The van der Waals surface area contributed by atoms with E-state index >= 15 is 0 Å². The number of nitrogens with zero attached hydrogens (tertiary/aromatic N) is 2. The third-order valence-corrected chi connectivity index (χ3v) is 2.30. The van der Waals surface area contributed by atoms with Gasteiger partial charge in [0.15, 0.2) is 0 Å². The Labute approximate surface area is 121 Å². The lowest BCUT2D eigenvalue weighted by Crippen LogP contribution is -2.40. The Balaban J connectivity index is 2.66. The van der Waals surface area contributed by atoms with E-state index in [2.05, 4.69) is 15.2 Å². The first-order valence-corrected chi connectivity index (χ1v) is 6.26. The molecule has 0 saturated heterocycles. The van der Waals surface area contributed by atoms with Crippen molar-refractivity contribution in [1.82, 2.24) is 15.1 Å². The monoisotopic (exact) mass is 298 g/mol. The summed E-state index contributed by atoms with van der Waals surface area (Å²) < 4.78 is 18.5. The lowest BCUT2D eigenvalue weighted by molar-refractivity contribution is 0.0919. The Bertz CT molecular complexity index is 546. The number of halogens is 1. The number of ether oxygens (including phenoxy) is 1. The third-order valence-electron chi connectivity index (χ3n) is 2.30. The van der Waals surface area contributed by atoms with Crippen molar-refractivity contribution in [3.05, 3.63) is 29.9 Å². The predicted octanol–water partition coefficient (Wildman–Crippen LogP) is 1.36. The van der Waals surface area contributed by atoms with Gasteiger partial charge in [-0.05, 0) is 20.8 Å². The van der Waals surface area contributed by atoms with E-state index in [0.717, 1.165) is 0 Å². The first-order valence-electron chi connectivity index (χ1n) is 6.26. The summed E-state index contributed by atoms with van der Waals surface area (Å²) in [6, 6.07) is 0. The summed E-state index contributed by atoms with van der Waals surface area (Å²) >= 11 is 0. The smallest absolute Gasteiger partial charge is 0.404 e. The standard InChI is InChI=1S/C13H19FN4O3/c1-13(2,3)17-11(19)10-5-16-18(7-10)6-9(4-14)8-21-12(15)20/h4-5,7H,6,8H2,1-3H3,(H2,15,20)(H,17,19). The molecule has 21 heavy (non-hydrogen) atoms. The molecule has 1 heterocycles. The van der Waals surface area contributed by atoms with Crippen LogP contribution in [0.2, 0.25) is 0 Å². The number of carbonyl (C=O) groups is 2. The predicted molar refractivity (Wildman–Crippen MR) is 74.2 cm³/mol. The topological polar surface area (TPSA) is 99.2 Å². The summed E-state index contributed by atoms with van der Waals surface area (Å²) in [6.07, 6.45) is 2.19. The summed E-state index contributed by atoms with van der Waals surface area (Å²) in [5.41, 5.74) is 4.97. The highest BCUT2D eigenvalue weighted by Gasteiger charge is 2.16. The maximum Gasteiger partial charge on any atom is 0.404 e. The first kappa shape index (κ1) is 16.7. The number of primary amides is 1. The number of hydrogen-bond donors (Lipinski definition) is 2. The zero-order chi connectivity index (χ0) is 16.0. The van der Waals surface area contributed by atoms with Crippen molar-refractivity contribution in [2.45, 2.75) is 32.9 Å². The van der Waals surface area contributed by atoms with Crippen molar-refractivity contribution in [2.24, 2.45) is 5.73 Å². The van der Waals surface area contributed by atoms with Crippen molar-refractivity contribution in [3.8, 4) is 0 Å². The van der Waals surface area contributed by atoms with Crippen LogP contribution in [0, 0.1) is 0 Å². The molecule has 1 aromatic rings. The van der Waals surface area contributed by atoms with Crippen molar-refractivity contribution < 1.29 is 18.7 Å². The van der Waals surface area contributed by atoms with E-state index in [0.29, 0.717) is 11.9 Å². The van der Waals surface area contributed by atoms with Crippen LogP contribution in [0.25, 0.3) is 0 Å². The summed E-state index contributed by atoms with van der Waals surface area (Å²) in [5.74, 6) is -0.270. The fourth-order valence-electron chi connectivity index (χ4n) is 1.46. The molecule has 0 bridgehead atoms. The lowest BCUT2D eigenvalue weighted by Gasteiger charge is -2.19. The van der Waals surface area contributed by atoms with E-state index < -0.39 is 6.09 Å². The van der Waals surface area contributed by atoms with Crippen LogP contribution in [0.15, 0.2) is 24.3 Å². The van der Waals surface area contributed by atoms with Crippen LogP contribution in [-0.2, 0) is 11.3 Å². The fourth-order valence-corrected chi connectivity index (χ4v) is 1.46. The number of nitrogens with one attached hydrogen (secondary N) is 1. The largest absolute Gasteiger partial charge is 0.445 e. The van der Waals surface area contributed by atoms with E-state index in [4.69, 9.17) is 5.73 Å². The van der Waals surface area contributed by atoms with Gasteiger partial charge in [-0.1, -0.05) is 0 Å². The molecule has 2 amide bonds. The fraction of sp³-hybridized carbons (Fsp3) is 0.462. The third kappa shape index (κ3) is 6.07. The van der Waals surface area contributed by atoms with Crippen LogP contribution in [0.5, 0.6) is 0 Å². The molecule has 0 spiro atoms. The zero-order valence-corrected chi connectivity index (χ0v) is 12.2. The minimum absolute atomic E-state index is 0.0482. The van der Waals surface area contributed by atoms with E-state index in [1.54, 1.807) is 0 Å². The molecule has 0 radical (unpaired) electrons. The molecule has 3 N–H and O–H groups in total. The molecule has 0 aliphatic carbocycles. The van der Waals surface area contributed by atoms with Gasteiger partial charge in [0, 0.05) is 17.3 Å². The van der Waals surface area contributed by atoms with Crippen LogP contribution in [0.1, 0.15) is 31.1 Å². The van der Waals surface area contributed by atoms with Gasteiger partial charge in [-0.25, -0.2) is 9.18 Å². The molecule has 0 atom stereocenters. The summed E-state index contributed by atoms with van der Waals surface area (Å²) in [4.78, 5) is 22.4. The van der Waals surface area contributed by atoms with Gasteiger partial charge in [-0.2, -0.15) is 5.10 Å². The molecule has 116 valence electrons. The minimum Gasteiger partial charge on any atom is -0.445 e. The summed E-state index contributed by atoms with van der Waals surface area (Å²) in [5, 5.41) is 6.75. The zero-order valence-electron chi connectivity index (χ0n) is 12.2. The lowest BCUT2D eigenvalue weighted by atomic mass is 10.1. The Morgan fingerprint density at radius 3 is 2.71 bits per heavy atom. The highest BCUT2D eigenvalue weighted by Crippen LogP contribution is 2.06. The molecule has 1 rings (SSSR count). The van der Waals surface area contributed by atoms with Gasteiger partial charge in [0.1, 0.15) is 6.61 Å². The molecule has 7 nitrogen and oxygen atoms in total. The maximum atomic E-state index is 12.7. The number of carbonyl (C=O) groups excluding carboxylic acids is 2. The number of hydrogen-bond acceptors (Lipinski definition) is 4. The molecule has 0 saturated carbocycles. The average molecular weight is 298 g/mol. The number of rotatable bonds is 5. The van der Waals surface area contributed by atoms with Crippen LogP contribution in [-0.4, -0.2) is 33.9 Å². The van der Waals surface area contributed by atoms with Gasteiger partial charge in [0.2, 0.25) is 0 Å². The van der Waals surface area contributed by atoms with Gasteiger partial charge in [0.05, 0.1) is 24.6 Å². The second-order valence-corrected chi connectivity index (χ2v) is 5.51. The van der Waals surface area contributed by atoms with E-state index in [9.17, 15) is 14.0 Å². The summed E-state index contributed by atoms with van der Waals surface area (Å²) in [7, 11) is 0. The quantitative estimate of drug-likeness (QED) is 0.857. The Kier molecular flexibility index (Phi) is 5.45. The Morgan fingerprint density at radius 2 is 2.19 bits per heavy atom. The van der Waals surface area contributed by atoms with Crippen LogP contribution in [0.3, 0.4) is 0 Å². The number of aromatic nitrogens is 2. The van der Waals surface area contributed by atoms with Gasteiger partial charge in [0.25, 0.3) is 5.91 Å². The van der Waals surface area contributed by atoms with Gasteiger partial charge in [-0.3, -0.25) is 9.48 Å². The van der Waals surface area contributed by atoms with Gasteiger partial charge < -0.3 is 15.8 Å². The number of amides is 2. The van der Waals surface area contributed by atoms with Crippen molar-refractivity contribution in [2.75, 3.05) is 6.61 Å². The first-order chi connectivity index (χ1) is 9.71. The number of nitrogens with two attached hydrogens (primary N) is 1. The van der Waals surface area contributed by atoms with Gasteiger partial charge >= 0.3 is 6.09 Å². The van der Waals surface area contributed by atoms with Crippen molar-refractivity contribution in [1.29, 1.82) is 0 Å². The molecule has 0 unspecified atom stereocenters. The van der Waals surface area contributed by atoms with E-state index in [1.165, 1.54) is 17.1 Å². The van der Waals surface area contributed by atoms with E-state index in [-0.39, 0.29) is 30.2 Å². The van der Waals surface area contributed by atoms with Crippen LogP contribution in [0.4, 0.5) is 9.18 Å². The van der Waals surface area contributed by atoms with Crippen LogP contribution >= 0.6 is 0 Å². The van der Waals surface area contributed by atoms with E-state index in [1.807, 2.05) is 20.8 Å². The highest BCUT2D eigenvalue weighted by atomic mass is 19.1. The van der Waals surface area contributed by atoms with Crippen molar-refractivity contribution in [3.63, 3.8) is 0 Å². The normalized spacial score (nSPS) is 12.1. The second kappa shape index (κ2) is 6.87. The molecular weight excluding hydrogens is 279 g/mol. The molecule has 1 aromatic heterocycles. The minimum atomic E-state index is -0.986. The Morgan fingerprint density at radius 1 is 1.52 bits per heavy atom. The highest BCUT2D eigenvalue weighted by molar-refractivity contribution is 5.94. The average Bonchev–Trinajstić information content (AvgIpc) is 2.80. The Hall–Kier alpha value is -2.38. The molecular formula is C13H19FN4O3. The van der Waals surface area contributed by atoms with Crippen LogP contribution < -0.4 is 11.1 Å². The maximum absolute atomic E-state index is 12.7. The second-order valence-electron chi connectivity index (χ2n) is 5.51. The molecule has 0 aliphatic rings. The molecule has 0 aromatic carbocycles. The molecule has 0 aliphatic heterocycles. The summed E-state index contributed by atoms with van der Waals surface area (Å²) in [6.45, 7) is 5.36. The molecule has 8 heteroatoms. The SMILES string of the molecule is CC(C)(C)NC(=O)c1cnn(CC(=CF)COC(N)=O)c1. The van der Waals surface area contributed by atoms with Gasteiger partial charge in [-0.15, -0.1) is 0 Å².